The van der Waals surface area contributed by atoms with Crippen molar-refractivity contribution in [2.45, 2.75) is 199 Å². The SMILES string of the molecule is CNC(C(=O)NC1C(=O)NC(c2ccc(O)cc2)C(=O)NC2C(=O)NC3C(=O)NC(C(=O)NC(C(=O)O)c4cc(O)cc(O)c4-c4cc3ccc4O)C(OC3CC(N)C(O)C(C)O3)c3ccc(c(Cl)c3)Oc3cc2cc(c3OC2OC(CO)C(O)C(O)C2OC2CC(N)C(O)C(C)O2)Oc2ccc(cc2)C1O)c1ccc(OC2OC(C)C(O)C(O)C2O)cc1. The molecule has 0 radical (unpaired) electrons. The standard InChI is InChI=1S/C83H92ClN9O31/c1-30-64(99)46(85)27-54(115-30)122-72-37-12-20-50(45(84)22-37)120-52-24-38-23-51(73(52)124-83-74(70(105)68(103)53(29-94)121-83)123-55-28-47(86)65(100)31(2)116-55)118-41-17-9-35(10-18-41)67(102)62(92-75(107)57(87-4)33-7-15-42(16-8-33)119-82-71(106)69(104)66(101)32(3)117-82)79(111)88-58(34-5-13-39(95)14-6-34)76(108)90-60(38)78(110)89-59-36-11-19-48(97)43(21-36)56-44(25-40(96)26-49(56)98)61(81(113)114)91-80(112)63(72)93-77(59)109/h5-26,30-32,46-47,53-55,57-72,74,82-83,87,94-106H,27-29,85-86H2,1-4H3,(H,88,111)(H,89,110)(H,90,108)(H,91,112)(H,92,107)(H,93,109)(H,113,114). The predicted molar refractivity (Wildman–Crippen MR) is 424 cm³/mol. The quantitative estimate of drug-likeness (QED) is 0.0623. The lowest BCUT2D eigenvalue weighted by molar-refractivity contribution is -0.330. The third-order valence-corrected chi connectivity index (χ3v) is 22.9. The van der Waals surface area contributed by atoms with Crippen LogP contribution >= 0.6 is 11.6 Å². The number of aliphatic hydroxyl groups is 9. The summed E-state index contributed by atoms with van der Waals surface area (Å²) in [5.41, 5.74) is 10.2. The molecule has 662 valence electrons. The number of benzene rings is 7. The Labute approximate surface area is 709 Å². The number of phenolic OH excluding ortho intramolecular Hbond substituents is 4. The topological polar surface area (TPSA) is 631 Å². The van der Waals surface area contributed by atoms with Crippen LogP contribution in [0.25, 0.3) is 11.1 Å². The molecule has 7 aromatic carbocycles. The summed E-state index contributed by atoms with van der Waals surface area (Å²) >= 11 is 7.39. The van der Waals surface area contributed by atoms with Gasteiger partial charge in [0, 0.05) is 47.7 Å². The van der Waals surface area contributed by atoms with E-state index in [-0.39, 0.29) is 63.7 Å². The molecule has 6 amide bonds. The van der Waals surface area contributed by atoms with Crippen LogP contribution in [0.3, 0.4) is 0 Å². The van der Waals surface area contributed by atoms with Gasteiger partial charge in [0.05, 0.1) is 42.1 Å². The Hall–Kier alpha value is -11.2. The van der Waals surface area contributed by atoms with Gasteiger partial charge in [-0.3, -0.25) is 28.8 Å². The number of carboxylic acids is 1. The second-order valence-corrected chi connectivity index (χ2v) is 31.4. The Morgan fingerprint density at radius 3 is 1.73 bits per heavy atom. The molecule has 16 rings (SSSR count). The molecule has 0 aliphatic carbocycles. The van der Waals surface area contributed by atoms with Gasteiger partial charge >= 0.3 is 5.97 Å². The minimum absolute atomic E-state index is 0.0655. The summed E-state index contributed by atoms with van der Waals surface area (Å²) in [6.07, 6.45) is -28.8. The van der Waals surface area contributed by atoms with Crippen molar-refractivity contribution in [1.82, 2.24) is 37.2 Å². The fourth-order valence-electron chi connectivity index (χ4n) is 15.7. The number of halogens is 1. The number of likely N-dealkylation sites (N-methyl/N-ethyl adjacent to an activating group) is 1. The number of hydrogen-bond acceptors (Lipinski definition) is 33. The molecule has 27 unspecified atom stereocenters. The summed E-state index contributed by atoms with van der Waals surface area (Å²) in [6.45, 7) is 3.41. The van der Waals surface area contributed by atoms with Crippen LogP contribution in [0.2, 0.25) is 5.02 Å². The fraction of sp³-hybridized carbons (Fsp3) is 0.410. The zero-order valence-electron chi connectivity index (χ0n) is 66.1. The summed E-state index contributed by atoms with van der Waals surface area (Å²) in [6, 6.07) is 9.01. The van der Waals surface area contributed by atoms with Crippen molar-refractivity contribution in [2.75, 3.05) is 13.7 Å². The molecule has 9 heterocycles. The first kappa shape index (κ1) is 89.1. The molecule has 0 spiro atoms. The van der Waals surface area contributed by atoms with Crippen LogP contribution in [0, 0.1) is 0 Å². The number of fused-ring (bicyclic) bond motifs is 15. The van der Waals surface area contributed by atoms with Gasteiger partial charge in [0.15, 0.2) is 36.2 Å². The summed E-state index contributed by atoms with van der Waals surface area (Å²) in [5.74, 6) is -14.8. The van der Waals surface area contributed by atoms with E-state index >= 15 is 24.0 Å². The molecule has 0 saturated carbocycles. The third kappa shape index (κ3) is 18.5. The summed E-state index contributed by atoms with van der Waals surface area (Å²) in [4.78, 5) is 109. The van der Waals surface area contributed by atoms with E-state index in [1.165, 1.54) is 107 Å². The van der Waals surface area contributed by atoms with E-state index in [2.05, 4.69) is 37.2 Å². The normalized spacial score (nSPS) is 32.4. The molecular weight excluding hydrogens is 1650 g/mol. The number of aromatic hydroxyl groups is 4. The number of amides is 6. The van der Waals surface area contributed by atoms with Gasteiger partial charge in [-0.2, -0.15) is 0 Å². The highest BCUT2D eigenvalue weighted by atomic mass is 35.5. The highest BCUT2D eigenvalue weighted by molar-refractivity contribution is 6.32. The van der Waals surface area contributed by atoms with E-state index in [9.17, 15) is 81.1 Å². The minimum Gasteiger partial charge on any atom is -0.508 e. The number of ether oxygens (including phenoxy) is 10. The van der Waals surface area contributed by atoms with E-state index in [1.54, 1.807) is 0 Å². The zero-order chi connectivity index (χ0) is 88.9. The molecule has 4 fully saturated rings. The first-order chi connectivity index (χ1) is 59.0. The number of hydrogen-bond donors (Lipinski definition) is 23. The average molecular weight is 1750 g/mol. The van der Waals surface area contributed by atoms with Crippen LogP contribution in [0.4, 0.5) is 0 Å². The second-order valence-electron chi connectivity index (χ2n) is 31.0. The summed E-state index contributed by atoms with van der Waals surface area (Å²) in [7, 11) is 1.39. The van der Waals surface area contributed by atoms with Gasteiger partial charge in [-0.25, -0.2) is 4.79 Å². The maximum Gasteiger partial charge on any atom is 0.330 e. The maximum absolute atomic E-state index is 16.7. The highest BCUT2D eigenvalue weighted by Gasteiger charge is 2.52. The lowest BCUT2D eigenvalue weighted by Gasteiger charge is -2.44. The van der Waals surface area contributed by atoms with Crippen LogP contribution in [-0.2, 0) is 62.0 Å². The average Bonchev–Trinajstić information content (AvgIpc) is 0.765. The second kappa shape index (κ2) is 36.9. The first-order valence-electron chi connectivity index (χ1n) is 39.3. The number of aliphatic carboxylic acids is 1. The van der Waals surface area contributed by atoms with Crippen molar-refractivity contribution in [3.63, 3.8) is 0 Å². The molecule has 4 saturated heterocycles. The van der Waals surface area contributed by atoms with Crippen LogP contribution in [0.15, 0.2) is 133 Å². The molecule has 124 heavy (non-hydrogen) atoms. The van der Waals surface area contributed by atoms with E-state index in [1.807, 2.05) is 0 Å². The molecule has 9 aliphatic heterocycles. The van der Waals surface area contributed by atoms with Gasteiger partial charge in [0.2, 0.25) is 53.8 Å². The van der Waals surface area contributed by atoms with Crippen molar-refractivity contribution in [3.8, 4) is 68.6 Å². The smallest absolute Gasteiger partial charge is 0.330 e. The Kier molecular flexibility index (Phi) is 26.5. The van der Waals surface area contributed by atoms with Crippen molar-refractivity contribution >= 4 is 53.0 Å². The Morgan fingerprint density at radius 1 is 0.532 bits per heavy atom. The molecule has 0 aromatic heterocycles. The fourth-order valence-corrected chi connectivity index (χ4v) is 16.0. The van der Waals surface area contributed by atoms with Gasteiger partial charge in [-0.05, 0) is 140 Å². The van der Waals surface area contributed by atoms with Gasteiger partial charge < -0.3 is 168 Å². The molecular formula is C83H92ClN9O31. The van der Waals surface area contributed by atoms with Gasteiger partial charge in [-0.1, -0.05) is 60.1 Å². The van der Waals surface area contributed by atoms with E-state index in [0.29, 0.717) is 0 Å². The number of aliphatic hydroxyl groups excluding tert-OH is 9. The van der Waals surface area contributed by atoms with Crippen LogP contribution in [0.5, 0.6) is 57.5 Å². The molecule has 25 N–H and O–H groups in total. The van der Waals surface area contributed by atoms with E-state index in [0.717, 1.165) is 54.6 Å². The number of rotatable bonds is 15. The van der Waals surface area contributed by atoms with Gasteiger partial charge in [0.25, 0.3) is 0 Å². The predicted octanol–water partition coefficient (Wildman–Crippen LogP) is -0.354. The lowest BCUT2D eigenvalue weighted by atomic mass is 9.89. The van der Waals surface area contributed by atoms with E-state index in [4.69, 9.17) is 70.4 Å². The van der Waals surface area contributed by atoms with E-state index < -0.39 is 275 Å². The van der Waals surface area contributed by atoms with Crippen molar-refractivity contribution < 1.29 is 152 Å². The lowest BCUT2D eigenvalue weighted by Crippen LogP contribution is -2.62. The van der Waals surface area contributed by atoms with Crippen molar-refractivity contribution in [2.24, 2.45) is 11.5 Å². The number of carbonyl (C=O) groups is 7. The molecule has 9 aliphatic rings. The minimum atomic E-state index is -2.36. The van der Waals surface area contributed by atoms with Gasteiger partial charge in [-0.15, -0.1) is 0 Å². The van der Waals surface area contributed by atoms with Crippen LogP contribution in [-0.4, -0.2) is 249 Å². The van der Waals surface area contributed by atoms with Crippen molar-refractivity contribution in [1.29, 1.82) is 0 Å². The Morgan fingerprint density at radius 2 is 1.11 bits per heavy atom. The number of nitrogens with two attached hydrogens (primary N) is 2. The molecule has 40 nitrogen and oxygen atoms in total. The maximum atomic E-state index is 16.7. The number of carboxylic acid groups (broad SMARTS) is 1. The number of nitrogens with one attached hydrogen (secondary N) is 7. The number of carbonyl (C=O) groups excluding carboxylic acids is 6. The molecule has 7 aromatic rings. The summed E-state index contributed by atoms with van der Waals surface area (Å²) in [5, 5.41) is 175. The van der Waals surface area contributed by atoms with Gasteiger partial charge in [0.1, 0.15) is 125 Å². The van der Waals surface area contributed by atoms with Crippen LogP contribution in [0.1, 0.15) is 115 Å². The summed E-state index contributed by atoms with van der Waals surface area (Å²) < 4.78 is 63.2. The Balaban J connectivity index is 0.962. The first-order valence-corrected chi connectivity index (χ1v) is 39.7. The number of phenols is 4. The largest absolute Gasteiger partial charge is 0.508 e. The monoisotopic (exact) mass is 1750 g/mol. The third-order valence-electron chi connectivity index (χ3n) is 22.6. The zero-order valence-corrected chi connectivity index (χ0v) is 66.9. The molecule has 11 bridgehead atoms. The molecule has 41 heteroatoms. The molecule has 27 atom stereocenters. The Bertz CT molecular complexity index is 5120. The van der Waals surface area contributed by atoms with Crippen molar-refractivity contribution in [3.05, 3.63) is 177 Å². The van der Waals surface area contributed by atoms with Crippen LogP contribution < -0.4 is 67.6 Å². The highest BCUT2D eigenvalue weighted by Crippen LogP contribution is 2.50.